The first-order valence-electron chi connectivity index (χ1n) is 12.2. The van der Waals surface area contributed by atoms with Crippen molar-refractivity contribution in [2.45, 2.75) is 13.1 Å². The molecule has 0 atom stereocenters. The van der Waals surface area contributed by atoms with Crippen LogP contribution in [-0.4, -0.2) is 44.9 Å². The minimum Gasteiger partial charge on any atom is -0.254 e. The number of benzene rings is 2. The van der Waals surface area contributed by atoms with E-state index < -0.39 is 0 Å². The van der Waals surface area contributed by atoms with Gasteiger partial charge in [-0.2, -0.15) is 0 Å². The lowest BCUT2D eigenvalue weighted by Gasteiger charge is -2.10. The van der Waals surface area contributed by atoms with E-state index in [9.17, 15) is 0 Å². The summed E-state index contributed by atoms with van der Waals surface area (Å²) in [5, 5.41) is 19.4. The third-order valence-corrected chi connectivity index (χ3v) is 6.43. The number of rotatable bonds is 6. The summed E-state index contributed by atoms with van der Waals surface area (Å²) in [6, 6.07) is 26.2. The number of aromatic nitrogens is 9. The second kappa shape index (κ2) is 9.29. The van der Waals surface area contributed by atoms with Crippen molar-refractivity contribution in [1.29, 1.82) is 0 Å². The van der Waals surface area contributed by atoms with E-state index in [0.29, 0.717) is 13.1 Å². The molecule has 0 N–H and O–H groups in total. The van der Waals surface area contributed by atoms with Crippen molar-refractivity contribution in [2.24, 2.45) is 0 Å². The van der Waals surface area contributed by atoms with Gasteiger partial charge in [-0.25, -0.2) is 14.3 Å². The molecular formula is C29H21N9. The monoisotopic (exact) mass is 495 g/mol. The van der Waals surface area contributed by atoms with E-state index in [-0.39, 0.29) is 0 Å². The minimum atomic E-state index is 0.550. The molecule has 0 aliphatic carbocycles. The van der Waals surface area contributed by atoms with E-state index in [0.717, 1.165) is 55.7 Å². The maximum absolute atomic E-state index is 5.15. The molecule has 182 valence electrons. The zero-order valence-corrected chi connectivity index (χ0v) is 20.3. The third-order valence-electron chi connectivity index (χ3n) is 6.43. The molecule has 0 spiro atoms. The Morgan fingerprint density at radius 2 is 1.05 bits per heavy atom. The van der Waals surface area contributed by atoms with Gasteiger partial charge in [0.25, 0.3) is 0 Å². The summed E-state index contributed by atoms with van der Waals surface area (Å²) in [6.45, 7) is 1.10. The molecule has 0 radical (unpaired) electrons. The van der Waals surface area contributed by atoms with Gasteiger partial charge in [0.1, 0.15) is 11.4 Å². The highest BCUT2D eigenvalue weighted by molar-refractivity contribution is 5.95. The van der Waals surface area contributed by atoms with Crippen molar-refractivity contribution in [3.8, 4) is 22.8 Å². The summed E-state index contributed by atoms with van der Waals surface area (Å²) in [6.07, 6.45) is 7.34. The Labute approximate surface area is 217 Å². The fraction of sp³-hybridized carbons (Fsp3) is 0.0690. The summed E-state index contributed by atoms with van der Waals surface area (Å²) in [7, 11) is 0. The highest BCUT2D eigenvalue weighted by Crippen LogP contribution is 2.26. The molecule has 38 heavy (non-hydrogen) atoms. The highest BCUT2D eigenvalue weighted by atomic mass is 15.4. The molecule has 7 rings (SSSR count). The Balaban J connectivity index is 1.23. The molecule has 0 bridgehead atoms. The molecule has 0 fully saturated rings. The van der Waals surface area contributed by atoms with Gasteiger partial charge in [-0.3, -0.25) is 9.97 Å². The standard InChI is InChI=1S/C29H21N9/c1-3-13-30-24(11-1)26-18-37(35-33-26)16-22-9-5-7-20-15-21-8-6-10-23(29(21)32-28(20)22)17-38-19-27(34-36-38)25-12-2-4-14-31-25/h1-15,18-19H,16-17H2. The summed E-state index contributed by atoms with van der Waals surface area (Å²) < 4.78 is 3.65. The first kappa shape index (κ1) is 21.9. The van der Waals surface area contributed by atoms with Crippen LogP contribution in [0.3, 0.4) is 0 Å². The number of nitrogens with zero attached hydrogens (tertiary/aromatic N) is 9. The topological polar surface area (TPSA) is 100 Å². The van der Waals surface area contributed by atoms with Gasteiger partial charge < -0.3 is 0 Å². The first-order valence-corrected chi connectivity index (χ1v) is 12.2. The molecule has 0 unspecified atom stereocenters. The SMILES string of the molecule is c1ccc(-c2cn(Cc3cccc4cc5cccc(Cn6cc(-c7ccccn7)nn6)c5nc34)nn2)nc1. The van der Waals surface area contributed by atoms with Gasteiger partial charge in [-0.05, 0) is 41.5 Å². The van der Waals surface area contributed by atoms with Crippen molar-refractivity contribution in [2.75, 3.05) is 0 Å². The Morgan fingerprint density at radius 3 is 1.53 bits per heavy atom. The minimum absolute atomic E-state index is 0.550. The number of pyridine rings is 3. The van der Waals surface area contributed by atoms with Crippen molar-refractivity contribution < 1.29 is 0 Å². The maximum Gasteiger partial charge on any atom is 0.131 e. The molecule has 5 heterocycles. The van der Waals surface area contributed by atoms with Gasteiger partial charge >= 0.3 is 0 Å². The molecule has 5 aromatic heterocycles. The number of hydrogen-bond donors (Lipinski definition) is 0. The van der Waals surface area contributed by atoms with E-state index in [1.54, 1.807) is 12.4 Å². The largest absolute Gasteiger partial charge is 0.254 e. The summed E-state index contributed by atoms with van der Waals surface area (Å²) >= 11 is 0. The lowest BCUT2D eigenvalue weighted by atomic mass is 10.0. The number of para-hydroxylation sites is 2. The third kappa shape index (κ3) is 4.16. The molecule has 9 heteroatoms. The van der Waals surface area contributed by atoms with Crippen LogP contribution in [0.5, 0.6) is 0 Å². The van der Waals surface area contributed by atoms with Crippen LogP contribution in [0.4, 0.5) is 0 Å². The molecule has 0 aliphatic heterocycles. The van der Waals surface area contributed by atoms with Gasteiger partial charge in [0.2, 0.25) is 0 Å². The second-order valence-corrected chi connectivity index (χ2v) is 9.00. The Morgan fingerprint density at radius 1 is 0.526 bits per heavy atom. The van der Waals surface area contributed by atoms with Gasteiger partial charge in [-0.15, -0.1) is 10.2 Å². The van der Waals surface area contributed by atoms with Gasteiger partial charge in [0.05, 0.1) is 47.9 Å². The molecule has 0 saturated carbocycles. The average Bonchev–Trinajstić information content (AvgIpc) is 3.64. The molecule has 9 nitrogen and oxygen atoms in total. The Hall–Kier alpha value is -5.31. The smallest absolute Gasteiger partial charge is 0.131 e. The van der Waals surface area contributed by atoms with Gasteiger partial charge in [-0.1, -0.05) is 59.0 Å². The van der Waals surface area contributed by atoms with Crippen molar-refractivity contribution in [3.63, 3.8) is 0 Å². The van der Waals surface area contributed by atoms with Crippen LogP contribution in [0.15, 0.2) is 104 Å². The highest BCUT2D eigenvalue weighted by Gasteiger charge is 2.12. The lowest BCUT2D eigenvalue weighted by molar-refractivity contribution is 0.650. The molecule has 0 amide bonds. The fourth-order valence-electron chi connectivity index (χ4n) is 4.63. The quantitative estimate of drug-likeness (QED) is 0.306. The maximum atomic E-state index is 5.15. The zero-order chi connectivity index (χ0) is 25.3. The number of hydrogen-bond acceptors (Lipinski definition) is 7. The normalized spacial score (nSPS) is 11.4. The fourth-order valence-corrected chi connectivity index (χ4v) is 4.63. The van der Waals surface area contributed by atoms with Crippen molar-refractivity contribution in [1.82, 2.24) is 44.9 Å². The van der Waals surface area contributed by atoms with E-state index in [1.165, 1.54) is 0 Å². The molecule has 0 saturated heterocycles. The van der Waals surface area contributed by atoms with E-state index in [1.807, 2.05) is 58.2 Å². The predicted molar refractivity (Wildman–Crippen MR) is 144 cm³/mol. The molecule has 7 aromatic rings. The van der Waals surface area contributed by atoms with Crippen LogP contribution >= 0.6 is 0 Å². The molecule has 0 aliphatic rings. The van der Waals surface area contributed by atoms with Crippen molar-refractivity contribution >= 4 is 21.8 Å². The first-order chi connectivity index (χ1) is 18.8. The molecular weight excluding hydrogens is 474 g/mol. The van der Waals surface area contributed by atoms with Crippen LogP contribution in [0.1, 0.15) is 11.1 Å². The summed E-state index contributed by atoms with van der Waals surface area (Å²) in [4.78, 5) is 13.9. The van der Waals surface area contributed by atoms with Crippen LogP contribution in [0.25, 0.3) is 44.6 Å². The van der Waals surface area contributed by atoms with E-state index >= 15 is 0 Å². The van der Waals surface area contributed by atoms with Crippen LogP contribution < -0.4 is 0 Å². The lowest BCUT2D eigenvalue weighted by Crippen LogP contribution is -2.04. The Kier molecular flexibility index (Phi) is 5.36. The summed E-state index contributed by atoms with van der Waals surface area (Å²) in [5.74, 6) is 0. The molecule has 2 aromatic carbocycles. The van der Waals surface area contributed by atoms with Crippen LogP contribution in [0, 0.1) is 0 Å². The zero-order valence-electron chi connectivity index (χ0n) is 20.3. The number of fused-ring (bicyclic) bond motifs is 2. The predicted octanol–water partition coefficient (Wildman–Crippen LogP) is 4.79. The Bertz CT molecular complexity index is 1740. The van der Waals surface area contributed by atoms with E-state index in [4.69, 9.17) is 4.98 Å². The second-order valence-electron chi connectivity index (χ2n) is 9.00. The van der Waals surface area contributed by atoms with Gasteiger partial charge in [0.15, 0.2) is 0 Å². The van der Waals surface area contributed by atoms with Crippen molar-refractivity contribution in [3.05, 3.63) is 115 Å². The average molecular weight is 496 g/mol. The van der Waals surface area contributed by atoms with Crippen LogP contribution in [0.2, 0.25) is 0 Å². The van der Waals surface area contributed by atoms with Crippen LogP contribution in [-0.2, 0) is 13.1 Å². The summed E-state index contributed by atoms with van der Waals surface area (Å²) in [5.41, 5.74) is 7.08. The van der Waals surface area contributed by atoms with E-state index in [2.05, 4.69) is 73.1 Å². The van der Waals surface area contributed by atoms with Gasteiger partial charge in [0, 0.05) is 23.2 Å².